The fourth-order valence-corrected chi connectivity index (χ4v) is 3.11. The number of ether oxygens (including phenoxy) is 1. The number of benzene rings is 2. The molecule has 0 aliphatic heterocycles. The van der Waals surface area contributed by atoms with Gasteiger partial charge >= 0.3 is 0 Å². The molecule has 0 saturated carbocycles. The SMILES string of the molecule is Cc1cccc2sc(COc3ccccc3O)cc12. The van der Waals surface area contributed by atoms with Crippen molar-refractivity contribution in [2.24, 2.45) is 0 Å². The quantitative estimate of drug-likeness (QED) is 0.759. The van der Waals surface area contributed by atoms with Crippen molar-refractivity contribution in [2.45, 2.75) is 13.5 Å². The summed E-state index contributed by atoms with van der Waals surface area (Å²) in [7, 11) is 0. The third kappa shape index (κ3) is 2.42. The Morgan fingerprint density at radius 2 is 1.95 bits per heavy atom. The summed E-state index contributed by atoms with van der Waals surface area (Å²) < 4.78 is 6.93. The van der Waals surface area contributed by atoms with E-state index < -0.39 is 0 Å². The van der Waals surface area contributed by atoms with Gasteiger partial charge in [0, 0.05) is 9.58 Å². The maximum atomic E-state index is 9.65. The van der Waals surface area contributed by atoms with Crippen molar-refractivity contribution in [1.29, 1.82) is 0 Å². The Morgan fingerprint density at radius 3 is 2.74 bits per heavy atom. The summed E-state index contributed by atoms with van der Waals surface area (Å²) >= 11 is 1.73. The average molecular weight is 270 g/mol. The van der Waals surface area contributed by atoms with Crippen LogP contribution < -0.4 is 4.74 Å². The van der Waals surface area contributed by atoms with Crippen molar-refractivity contribution in [1.82, 2.24) is 0 Å². The molecular formula is C16H14O2S. The number of fused-ring (bicyclic) bond motifs is 1. The van der Waals surface area contributed by atoms with E-state index in [-0.39, 0.29) is 5.75 Å². The molecule has 0 fully saturated rings. The molecule has 1 N–H and O–H groups in total. The molecule has 3 rings (SSSR count). The van der Waals surface area contributed by atoms with Gasteiger partial charge < -0.3 is 9.84 Å². The highest BCUT2D eigenvalue weighted by Crippen LogP contribution is 2.30. The van der Waals surface area contributed by atoms with Gasteiger partial charge in [-0.05, 0) is 42.1 Å². The van der Waals surface area contributed by atoms with E-state index in [1.807, 2.05) is 6.07 Å². The number of hydrogen-bond donors (Lipinski definition) is 1. The standard InChI is InChI=1S/C16H14O2S/c1-11-5-4-8-16-13(11)9-12(19-16)10-18-15-7-3-2-6-14(15)17/h2-9,17H,10H2,1H3. The van der Waals surface area contributed by atoms with Crippen molar-refractivity contribution in [3.63, 3.8) is 0 Å². The van der Waals surface area contributed by atoms with E-state index >= 15 is 0 Å². The summed E-state index contributed by atoms with van der Waals surface area (Å²) in [5.41, 5.74) is 1.28. The molecule has 0 aliphatic rings. The summed E-state index contributed by atoms with van der Waals surface area (Å²) in [6, 6.07) is 15.5. The second-order valence-electron chi connectivity index (χ2n) is 4.46. The lowest BCUT2D eigenvalue weighted by Crippen LogP contribution is -1.92. The smallest absolute Gasteiger partial charge is 0.161 e. The molecule has 0 aliphatic carbocycles. The minimum atomic E-state index is 0.180. The molecule has 96 valence electrons. The normalized spacial score (nSPS) is 10.8. The van der Waals surface area contributed by atoms with Crippen molar-refractivity contribution in [3.8, 4) is 11.5 Å². The molecule has 2 nitrogen and oxygen atoms in total. The summed E-state index contributed by atoms with van der Waals surface area (Å²) in [4.78, 5) is 1.16. The summed E-state index contributed by atoms with van der Waals surface area (Å²) in [5, 5.41) is 10.9. The van der Waals surface area contributed by atoms with Crippen LogP contribution in [-0.2, 0) is 6.61 Å². The molecule has 2 aromatic carbocycles. The highest BCUT2D eigenvalue weighted by molar-refractivity contribution is 7.19. The first-order valence-electron chi connectivity index (χ1n) is 6.13. The number of hydrogen-bond acceptors (Lipinski definition) is 3. The molecule has 3 heteroatoms. The van der Waals surface area contributed by atoms with E-state index in [9.17, 15) is 5.11 Å². The van der Waals surface area contributed by atoms with Crippen LogP contribution in [0.15, 0.2) is 48.5 Å². The molecule has 0 bridgehead atoms. The van der Waals surface area contributed by atoms with Crippen LogP contribution in [0.1, 0.15) is 10.4 Å². The first-order valence-corrected chi connectivity index (χ1v) is 6.94. The monoisotopic (exact) mass is 270 g/mol. The number of aromatic hydroxyl groups is 1. The molecule has 0 atom stereocenters. The number of phenolic OH excluding ortho intramolecular Hbond substituents is 1. The molecule has 1 aromatic heterocycles. The van der Waals surface area contributed by atoms with Gasteiger partial charge in [-0.2, -0.15) is 0 Å². The minimum Gasteiger partial charge on any atom is -0.504 e. The minimum absolute atomic E-state index is 0.180. The van der Waals surface area contributed by atoms with Gasteiger partial charge in [0.2, 0.25) is 0 Å². The van der Waals surface area contributed by atoms with Gasteiger partial charge in [-0.1, -0.05) is 24.3 Å². The van der Waals surface area contributed by atoms with Gasteiger partial charge in [0.05, 0.1) is 0 Å². The Morgan fingerprint density at radius 1 is 1.11 bits per heavy atom. The van der Waals surface area contributed by atoms with E-state index in [1.54, 1.807) is 29.5 Å². The summed E-state index contributed by atoms with van der Waals surface area (Å²) in [6.07, 6.45) is 0. The predicted molar refractivity (Wildman–Crippen MR) is 79.0 cm³/mol. The Balaban J connectivity index is 1.83. The van der Waals surface area contributed by atoms with Crippen molar-refractivity contribution >= 4 is 21.4 Å². The molecule has 3 aromatic rings. The molecule has 0 saturated heterocycles. The predicted octanol–water partition coefficient (Wildman–Crippen LogP) is 4.49. The fraction of sp³-hybridized carbons (Fsp3) is 0.125. The summed E-state index contributed by atoms with van der Waals surface area (Å²) in [5.74, 6) is 0.705. The van der Waals surface area contributed by atoms with Crippen LogP contribution in [0.25, 0.3) is 10.1 Å². The van der Waals surface area contributed by atoms with Gasteiger partial charge in [-0.15, -0.1) is 11.3 Å². The van der Waals surface area contributed by atoms with E-state index in [0.29, 0.717) is 12.4 Å². The van der Waals surface area contributed by atoms with Gasteiger partial charge in [0.25, 0.3) is 0 Å². The van der Waals surface area contributed by atoms with E-state index in [0.717, 1.165) is 4.88 Å². The van der Waals surface area contributed by atoms with Crippen LogP contribution in [0.5, 0.6) is 11.5 Å². The van der Waals surface area contributed by atoms with Gasteiger partial charge in [-0.3, -0.25) is 0 Å². The Labute approximate surface area is 115 Å². The molecule has 0 unspecified atom stereocenters. The van der Waals surface area contributed by atoms with Crippen molar-refractivity contribution in [3.05, 3.63) is 59.0 Å². The third-order valence-corrected chi connectivity index (χ3v) is 4.14. The van der Waals surface area contributed by atoms with E-state index in [1.165, 1.54) is 15.6 Å². The molecule has 0 spiro atoms. The lowest BCUT2D eigenvalue weighted by Gasteiger charge is -2.05. The van der Waals surface area contributed by atoms with Crippen molar-refractivity contribution < 1.29 is 9.84 Å². The molecular weight excluding hydrogens is 256 g/mol. The number of para-hydroxylation sites is 2. The van der Waals surface area contributed by atoms with Crippen LogP contribution in [0, 0.1) is 6.92 Å². The zero-order chi connectivity index (χ0) is 13.2. The van der Waals surface area contributed by atoms with Crippen LogP contribution >= 0.6 is 11.3 Å². The van der Waals surface area contributed by atoms with Crippen LogP contribution in [0.2, 0.25) is 0 Å². The topological polar surface area (TPSA) is 29.5 Å². The Bertz CT molecular complexity index is 716. The zero-order valence-corrected chi connectivity index (χ0v) is 11.4. The Hall–Kier alpha value is -2.00. The van der Waals surface area contributed by atoms with Crippen LogP contribution in [0.3, 0.4) is 0 Å². The third-order valence-electron chi connectivity index (χ3n) is 3.07. The molecule has 0 radical (unpaired) electrons. The van der Waals surface area contributed by atoms with Gasteiger partial charge in [0.15, 0.2) is 11.5 Å². The number of thiophene rings is 1. The largest absolute Gasteiger partial charge is 0.504 e. The fourth-order valence-electron chi connectivity index (χ4n) is 2.06. The molecule has 19 heavy (non-hydrogen) atoms. The van der Waals surface area contributed by atoms with E-state index in [2.05, 4.69) is 31.2 Å². The maximum absolute atomic E-state index is 9.65. The number of phenols is 1. The second-order valence-corrected chi connectivity index (χ2v) is 5.62. The first-order chi connectivity index (χ1) is 9.24. The Kier molecular flexibility index (Phi) is 3.13. The maximum Gasteiger partial charge on any atom is 0.161 e. The number of aryl methyl sites for hydroxylation is 1. The average Bonchev–Trinajstić information content (AvgIpc) is 2.82. The molecule has 0 amide bonds. The highest BCUT2D eigenvalue weighted by atomic mass is 32.1. The van der Waals surface area contributed by atoms with Crippen LogP contribution in [0.4, 0.5) is 0 Å². The van der Waals surface area contributed by atoms with Gasteiger partial charge in [0.1, 0.15) is 6.61 Å². The lowest BCUT2D eigenvalue weighted by molar-refractivity contribution is 0.292. The van der Waals surface area contributed by atoms with Gasteiger partial charge in [-0.25, -0.2) is 0 Å². The van der Waals surface area contributed by atoms with E-state index in [4.69, 9.17) is 4.74 Å². The summed E-state index contributed by atoms with van der Waals surface area (Å²) in [6.45, 7) is 2.60. The van der Waals surface area contributed by atoms with Crippen LogP contribution in [-0.4, -0.2) is 5.11 Å². The highest BCUT2D eigenvalue weighted by Gasteiger charge is 2.06. The second kappa shape index (κ2) is 4.94. The lowest BCUT2D eigenvalue weighted by atomic mass is 10.1. The first kappa shape index (κ1) is 12.1. The molecule has 1 heterocycles. The zero-order valence-electron chi connectivity index (χ0n) is 10.6. The number of rotatable bonds is 3. The van der Waals surface area contributed by atoms with Crippen molar-refractivity contribution in [2.75, 3.05) is 0 Å².